The third kappa shape index (κ3) is 3.77. The van der Waals surface area contributed by atoms with Gasteiger partial charge in [-0.15, -0.1) is 6.58 Å². The monoisotopic (exact) mass is 378 g/mol. The summed E-state index contributed by atoms with van der Waals surface area (Å²) in [4.78, 5) is 10.1. The summed E-state index contributed by atoms with van der Waals surface area (Å²) >= 11 is 0. The maximum absolute atomic E-state index is 13.1. The highest BCUT2D eigenvalue weighted by Gasteiger charge is 2.28. The lowest BCUT2D eigenvalue weighted by Crippen LogP contribution is -2.31. The standard InChI is InChI=1S/C17H18N2O6S/c1-4-10-18(16-9-8-14(24-2)12-17(16)25-3)26(22,23)15-7-5-6-13(11-15)19(20)21/h4-9,11-12H,1,10H2,2-3H3. The smallest absolute Gasteiger partial charge is 0.270 e. The predicted octanol–water partition coefficient (Wildman–Crippen LogP) is 2.99. The van der Waals surface area contributed by atoms with E-state index in [0.29, 0.717) is 5.75 Å². The molecule has 0 aliphatic heterocycles. The summed E-state index contributed by atoms with van der Waals surface area (Å²) in [5.41, 5.74) is -0.0500. The molecular weight excluding hydrogens is 360 g/mol. The number of rotatable bonds is 8. The van der Waals surface area contributed by atoms with E-state index in [0.717, 1.165) is 10.4 Å². The van der Waals surface area contributed by atoms with E-state index in [1.807, 2.05) is 0 Å². The van der Waals surface area contributed by atoms with Gasteiger partial charge in [-0.05, 0) is 18.2 Å². The molecule has 0 heterocycles. The van der Waals surface area contributed by atoms with Gasteiger partial charge in [0.1, 0.15) is 11.5 Å². The molecule has 0 aromatic heterocycles. The fraction of sp³-hybridized carbons (Fsp3) is 0.176. The Morgan fingerprint density at radius 3 is 2.50 bits per heavy atom. The van der Waals surface area contributed by atoms with Crippen LogP contribution in [0.5, 0.6) is 11.5 Å². The summed E-state index contributed by atoms with van der Waals surface area (Å²) in [7, 11) is -1.20. The Balaban J connectivity index is 2.61. The van der Waals surface area contributed by atoms with E-state index in [2.05, 4.69) is 6.58 Å². The van der Waals surface area contributed by atoms with Crippen LogP contribution in [0, 0.1) is 10.1 Å². The lowest BCUT2D eigenvalue weighted by Gasteiger charge is -2.25. The molecule has 0 aliphatic carbocycles. The van der Waals surface area contributed by atoms with Gasteiger partial charge in [-0.3, -0.25) is 14.4 Å². The lowest BCUT2D eigenvalue weighted by molar-refractivity contribution is -0.385. The summed E-state index contributed by atoms with van der Waals surface area (Å²) in [5, 5.41) is 11.0. The molecule has 8 nitrogen and oxygen atoms in total. The zero-order chi connectivity index (χ0) is 19.3. The van der Waals surface area contributed by atoms with Gasteiger partial charge in [-0.25, -0.2) is 8.42 Å². The zero-order valence-corrected chi connectivity index (χ0v) is 15.1. The number of hydrogen-bond donors (Lipinski definition) is 0. The van der Waals surface area contributed by atoms with Gasteiger partial charge in [0.15, 0.2) is 0 Å². The molecule has 0 radical (unpaired) electrons. The second-order valence-corrected chi connectivity index (χ2v) is 6.98. The number of anilines is 1. The first-order valence-corrected chi connectivity index (χ1v) is 8.89. The number of ether oxygens (including phenoxy) is 2. The first-order valence-electron chi connectivity index (χ1n) is 7.45. The summed E-state index contributed by atoms with van der Waals surface area (Å²) in [6.45, 7) is 3.54. The van der Waals surface area contributed by atoms with E-state index in [4.69, 9.17) is 9.47 Å². The highest BCUT2D eigenvalue weighted by atomic mass is 32.2. The van der Waals surface area contributed by atoms with E-state index < -0.39 is 14.9 Å². The molecular formula is C17H18N2O6S. The van der Waals surface area contributed by atoms with Gasteiger partial charge in [0.05, 0.1) is 36.3 Å². The van der Waals surface area contributed by atoms with Crippen LogP contribution in [-0.2, 0) is 10.0 Å². The molecule has 2 aromatic carbocycles. The van der Waals surface area contributed by atoms with Crippen molar-refractivity contribution in [3.63, 3.8) is 0 Å². The van der Waals surface area contributed by atoms with Crippen molar-refractivity contribution in [2.45, 2.75) is 4.90 Å². The van der Waals surface area contributed by atoms with E-state index in [1.54, 1.807) is 12.1 Å². The molecule has 0 saturated carbocycles. The van der Waals surface area contributed by atoms with Gasteiger partial charge < -0.3 is 9.47 Å². The number of nitrogens with zero attached hydrogens (tertiary/aromatic N) is 2. The molecule has 138 valence electrons. The maximum Gasteiger partial charge on any atom is 0.270 e. The Hall–Kier alpha value is -3.07. The number of nitro benzene ring substituents is 1. The first-order chi connectivity index (χ1) is 12.3. The number of non-ortho nitro benzene ring substituents is 1. The number of sulfonamides is 1. The molecule has 2 rings (SSSR count). The van der Waals surface area contributed by atoms with Crippen molar-refractivity contribution in [2.75, 3.05) is 25.1 Å². The van der Waals surface area contributed by atoms with Crippen LogP contribution in [0.3, 0.4) is 0 Å². The fourth-order valence-electron chi connectivity index (χ4n) is 2.32. The number of hydrogen-bond acceptors (Lipinski definition) is 6. The number of methoxy groups -OCH3 is 2. The van der Waals surface area contributed by atoms with Crippen molar-refractivity contribution in [2.24, 2.45) is 0 Å². The Kier molecular flexibility index (Phi) is 5.83. The molecule has 0 saturated heterocycles. The second-order valence-electron chi connectivity index (χ2n) is 5.12. The average molecular weight is 378 g/mol. The molecule has 9 heteroatoms. The van der Waals surface area contributed by atoms with Crippen LogP contribution < -0.4 is 13.8 Å². The maximum atomic E-state index is 13.1. The van der Waals surface area contributed by atoms with Crippen molar-refractivity contribution < 1.29 is 22.8 Å². The Labute approximate surface area is 151 Å². The van der Waals surface area contributed by atoms with Crippen LogP contribution in [0.15, 0.2) is 60.0 Å². The molecule has 0 amide bonds. The van der Waals surface area contributed by atoms with E-state index in [9.17, 15) is 18.5 Å². The van der Waals surface area contributed by atoms with Crippen molar-refractivity contribution in [3.8, 4) is 11.5 Å². The van der Waals surface area contributed by atoms with E-state index in [1.165, 1.54) is 44.6 Å². The van der Waals surface area contributed by atoms with Crippen LogP contribution in [-0.4, -0.2) is 34.1 Å². The minimum atomic E-state index is -4.09. The summed E-state index contributed by atoms with van der Waals surface area (Å²) < 4.78 is 37.6. The molecule has 0 N–H and O–H groups in total. The number of benzene rings is 2. The van der Waals surface area contributed by atoms with Crippen LogP contribution >= 0.6 is 0 Å². The van der Waals surface area contributed by atoms with Crippen molar-refractivity contribution in [1.82, 2.24) is 0 Å². The fourth-order valence-corrected chi connectivity index (χ4v) is 3.81. The normalized spacial score (nSPS) is 10.8. The van der Waals surface area contributed by atoms with Crippen molar-refractivity contribution in [3.05, 3.63) is 65.2 Å². The molecule has 2 aromatic rings. The molecule has 0 aliphatic rings. The molecule has 0 spiro atoms. The molecule has 0 fully saturated rings. The largest absolute Gasteiger partial charge is 0.497 e. The Bertz CT molecular complexity index is 927. The van der Waals surface area contributed by atoms with Gasteiger partial charge in [-0.2, -0.15) is 0 Å². The molecule has 0 atom stereocenters. The Morgan fingerprint density at radius 2 is 1.92 bits per heavy atom. The van der Waals surface area contributed by atoms with Crippen LogP contribution in [0.4, 0.5) is 11.4 Å². The predicted molar refractivity (Wildman–Crippen MR) is 97.4 cm³/mol. The van der Waals surface area contributed by atoms with Gasteiger partial charge in [-0.1, -0.05) is 12.1 Å². The zero-order valence-electron chi connectivity index (χ0n) is 14.3. The van der Waals surface area contributed by atoms with E-state index in [-0.39, 0.29) is 28.6 Å². The van der Waals surface area contributed by atoms with Gasteiger partial charge in [0.2, 0.25) is 0 Å². The summed E-state index contributed by atoms with van der Waals surface area (Å²) in [6, 6.07) is 9.55. The number of nitro groups is 1. The van der Waals surface area contributed by atoms with Gasteiger partial charge in [0.25, 0.3) is 15.7 Å². The van der Waals surface area contributed by atoms with Crippen LogP contribution in [0.1, 0.15) is 0 Å². The van der Waals surface area contributed by atoms with Crippen molar-refractivity contribution >= 4 is 21.4 Å². The van der Waals surface area contributed by atoms with Crippen LogP contribution in [0.25, 0.3) is 0 Å². The molecule has 0 unspecified atom stereocenters. The van der Waals surface area contributed by atoms with Gasteiger partial charge in [0, 0.05) is 18.2 Å². The topological polar surface area (TPSA) is 99.0 Å². The van der Waals surface area contributed by atoms with Crippen LogP contribution in [0.2, 0.25) is 0 Å². The quantitative estimate of drug-likeness (QED) is 0.398. The molecule has 0 bridgehead atoms. The minimum absolute atomic E-state index is 0.0479. The SMILES string of the molecule is C=CCN(c1ccc(OC)cc1OC)S(=O)(=O)c1cccc([N+](=O)[O-])c1. The van der Waals surface area contributed by atoms with Gasteiger partial charge >= 0.3 is 0 Å². The first kappa shape index (κ1) is 19.3. The highest BCUT2D eigenvalue weighted by molar-refractivity contribution is 7.92. The average Bonchev–Trinajstić information content (AvgIpc) is 2.65. The summed E-state index contributed by atoms with van der Waals surface area (Å²) in [6.07, 6.45) is 1.42. The Morgan fingerprint density at radius 1 is 1.19 bits per heavy atom. The lowest BCUT2D eigenvalue weighted by atomic mass is 10.2. The van der Waals surface area contributed by atoms with E-state index >= 15 is 0 Å². The minimum Gasteiger partial charge on any atom is -0.497 e. The second kappa shape index (κ2) is 7.87. The summed E-state index contributed by atoms with van der Waals surface area (Å²) in [5.74, 6) is 0.775. The molecule has 26 heavy (non-hydrogen) atoms. The highest BCUT2D eigenvalue weighted by Crippen LogP contribution is 2.35. The third-order valence-corrected chi connectivity index (χ3v) is 5.34. The third-order valence-electron chi connectivity index (χ3n) is 3.57. The van der Waals surface area contributed by atoms with Crippen molar-refractivity contribution in [1.29, 1.82) is 0 Å².